The zero-order valence-corrected chi connectivity index (χ0v) is 8.71. The van der Waals surface area contributed by atoms with Gasteiger partial charge in [-0.2, -0.15) is 0 Å². The highest BCUT2D eigenvalue weighted by atomic mass is 19.3. The highest BCUT2D eigenvalue weighted by Gasteiger charge is 2.43. The predicted octanol–water partition coefficient (Wildman–Crippen LogP) is 2.16. The van der Waals surface area contributed by atoms with Crippen LogP contribution in [-0.4, -0.2) is 11.3 Å². The second-order valence-electron chi connectivity index (χ2n) is 3.83. The number of aryl methyl sites for hydroxylation is 1. The Labute approximate surface area is 93.8 Å². The monoisotopic (exact) mass is 239 g/mol. The molecule has 3 rings (SSSR count). The van der Waals surface area contributed by atoms with Crippen LogP contribution in [0.1, 0.15) is 5.69 Å². The standard InChI is InChI=1S/C11H7F2NO3/c1-5-2-8(15)6-3-9-10(4-7(6)14-5)17-11(12,13)16-9/h2-4H,1H3,(H,14,15). The molecular formula is C11H7F2NO3. The minimum absolute atomic E-state index is 0.0799. The van der Waals surface area contributed by atoms with E-state index in [1.807, 2.05) is 0 Å². The fourth-order valence-corrected chi connectivity index (χ4v) is 1.83. The smallest absolute Gasteiger partial charge is 0.395 e. The maximum absolute atomic E-state index is 12.8. The van der Waals surface area contributed by atoms with Crippen molar-refractivity contribution in [3.63, 3.8) is 0 Å². The molecule has 0 radical (unpaired) electrons. The number of alkyl halides is 2. The zero-order valence-electron chi connectivity index (χ0n) is 8.71. The van der Waals surface area contributed by atoms with Crippen molar-refractivity contribution in [2.75, 3.05) is 0 Å². The van der Waals surface area contributed by atoms with Gasteiger partial charge in [0.1, 0.15) is 0 Å². The summed E-state index contributed by atoms with van der Waals surface area (Å²) in [6, 6.07) is 3.98. The van der Waals surface area contributed by atoms with Crippen LogP contribution in [0.5, 0.6) is 11.5 Å². The molecule has 0 saturated carbocycles. The molecule has 2 aromatic rings. The predicted molar refractivity (Wildman–Crippen MR) is 55.5 cm³/mol. The Balaban J connectivity index is 2.31. The van der Waals surface area contributed by atoms with Gasteiger partial charge < -0.3 is 14.5 Å². The van der Waals surface area contributed by atoms with Gasteiger partial charge in [-0.3, -0.25) is 4.79 Å². The third-order valence-corrected chi connectivity index (χ3v) is 2.49. The highest BCUT2D eigenvalue weighted by Crippen LogP contribution is 2.42. The summed E-state index contributed by atoms with van der Waals surface area (Å²) in [6.45, 7) is 1.71. The molecule has 88 valence electrons. The quantitative estimate of drug-likeness (QED) is 0.766. The normalized spacial score (nSPS) is 16.4. The van der Waals surface area contributed by atoms with Gasteiger partial charge in [-0.05, 0) is 13.0 Å². The summed E-state index contributed by atoms with van der Waals surface area (Å²) in [4.78, 5) is 14.6. The SMILES string of the molecule is Cc1cc(=O)c2cc3c(cc2[nH]1)OC(F)(F)O3. The van der Waals surface area contributed by atoms with Crippen LogP contribution in [-0.2, 0) is 0 Å². The van der Waals surface area contributed by atoms with Gasteiger partial charge in [0.25, 0.3) is 0 Å². The number of halogens is 2. The Morgan fingerprint density at radius 3 is 2.53 bits per heavy atom. The lowest BCUT2D eigenvalue weighted by Crippen LogP contribution is -2.25. The molecule has 1 aromatic heterocycles. The summed E-state index contributed by atoms with van der Waals surface area (Å²) in [5.74, 6) is -0.208. The fourth-order valence-electron chi connectivity index (χ4n) is 1.83. The number of hydrogen-bond acceptors (Lipinski definition) is 3. The van der Waals surface area contributed by atoms with Crippen molar-refractivity contribution in [3.8, 4) is 11.5 Å². The van der Waals surface area contributed by atoms with E-state index in [1.54, 1.807) is 6.92 Å². The van der Waals surface area contributed by atoms with E-state index in [9.17, 15) is 13.6 Å². The third kappa shape index (κ3) is 1.52. The number of benzene rings is 1. The van der Waals surface area contributed by atoms with Gasteiger partial charge in [0.05, 0.1) is 5.52 Å². The van der Waals surface area contributed by atoms with Crippen LogP contribution in [0.2, 0.25) is 0 Å². The number of ether oxygens (including phenoxy) is 2. The topological polar surface area (TPSA) is 51.3 Å². The van der Waals surface area contributed by atoms with Gasteiger partial charge in [-0.25, -0.2) is 0 Å². The van der Waals surface area contributed by atoms with Crippen LogP contribution in [0.4, 0.5) is 8.78 Å². The summed E-state index contributed by atoms with van der Waals surface area (Å²) in [6.07, 6.45) is -3.67. The number of pyridine rings is 1. The number of hydrogen-bond donors (Lipinski definition) is 1. The first-order valence-corrected chi connectivity index (χ1v) is 4.88. The molecule has 2 heterocycles. The highest BCUT2D eigenvalue weighted by molar-refractivity contribution is 5.82. The van der Waals surface area contributed by atoms with Gasteiger partial charge in [-0.15, -0.1) is 8.78 Å². The lowest BCUT2D eigenvalue weighted by Gasteiger charge is -2.04. The molecule has 0 aliphatic carbocycles. The summed E-state index contributed by atoms with van der Waals surface area (Å²) in [7, 11) is 0. The molecule has 17 heavy (non-hydrogen) atoms. The van der Waals surface area contributed by atoms with Crippen LogP contribution in [0.15, 0.2) is 23.0 Å². The Bertz CT molecular complexity index is 678. The third-order valence-electron chi connectivity index (χ3n) is 2.49. The van der Waals surface area contributed by atoms with Crippen molar-refractivity contribution < 1.29 is 18.3 Å². The molecule has 1 N–H and O–H groups in total. The van der Waals surface area contributed by atoms with E-state index in [1.165, 1.54) is 18.2 Å². The first-order chi connectivity index (χ1) is 7.94. The maximum atomic E-state index is 12.8. The molecule has 0 atom stereocenters. The van der Waals surface area contributed by atoms with Crippen molar-refractivity contribution in [2.24, 2.45) is 0 Å². The van der Waals surface area contributed by atoms with Gasteiger partial charge >= 0.3 is 6.29 Å². The van der Waals surface area contributed by atoms with Crippen molar-refractivity contribution in [3.05, 3.63) is 34.1 Å². The van der Waals surface area contributed by atoms with Gasteiger partial charge in [0.2, 0.25) is 0 Å². The minimum atomic E-state index is -3.67. The van der Waals surface area contributed by atoms with Crippen LogP contribution >= 0.6 is 0 Å². The van der Waals surface area contributed by atoms with E-state index in [-0.39, 0.29) is 22.3 Å². The molecule has 0 bridgehead atoms. The summed E-state index contributed by atoms with van der Waals surface area (Å²) in [5.41, 5.74) is 0.834. The molecule has 0 spiro atoms. The number of rotatable bonds is 0. The Hall–Kier alpha value is -2.11. The number of aromatic nitrogens is 1. The second-order valence-corrected chi connectivity index (χ2v) is 3.83. The first kappa shape index (κ1) is 10.1. The van der Waals surface area contributed by atoms with Crippen LogP contribution in [0, 0.1) is 6.92 Å². The van der Waals surface area contributed by atoms with Crippen LogP contribution < -0.4 is 14.9 Å². The Morgan fingerprint density at radius 1 is 1.18 bits per heavy atom. The van der Waals surface area contributed by atoms with E-state index in [0.29, 0.717) is 11.2 Å². The molecule has 1 aliphatic rings. The first-order valence-electron chi connectivity index (χ1n) is 4.88. The summed E-state index contributed by atoms with van der Waals surface area (Å²) >= 11 is 0. The van der Waals surface area contributed by atoms with E-state index >= 15 is 0 Å². The Morgan fingerprint density at radius 2 is 1.82 bits per heavy atom. The maximum Gasteiger partial charge on any atom is 0.586 e. The molecule has 0 unspecified atom stereocenters. The van der Waals surface area contributed by atoms with Gasteiger partial charge in [0.15, 0.2) is 16.9 Å². The van der Waals surface area contributed by atoms with Crippen molar-refractivity contribution in [1.29, 1.82) is 0 Å². The molecule has 1 aliphatic heterocycles. The average Bonchev–Trinajstić information content (AvgIpc) is 2.48. The molecule has 4 nitrogen and oxygen atoms in total. The summed E-state index contributed by atoms with van der Waals surface area (Å²) < 4.78 is 34.3. The van der Waals surface area contributed by atoms with E-state index in [4.69, 9.17) is 0 Å². The lowest BCUT2D eigenvalue weighted by atomic mass is 10.2. The molecular weight excluding hydrogens is 232 g/mol. The van der Waals surface area contributed by atoms with E-state index in [2.05, 4.69) is 14.5 Å². The zero-order chi connectivity index (χ0) is 12.2. The molecule has 6 heteroatoms. The van der Waals surface area contributed by atoms with Crippen LogP contribution in [0.3, 0.4) is 0 Å². The second kappa shape index (κ2) is 2.97. The number of fused-ring (bicyclic) bond motifs is 2. The molecule has 1 aromatic carbocycles. The van der Waals surface area contributed by atoms with Crippen molar-refractivity contribution in [1.82, 2.24) is 4.98 Å². The molecule has 0 fully saturated rings. The van der Waals surface area contributed by atoms with Crippen LogP contribution in [0.25, 0.3) is 10.9 Å². The summed E-state index contributed by atoms with van der Waals surface area (Å²) in [5, 5.41) is 0.288. The molecule has 0 saturated heterocycles. The van der Waals surface area contributed by atoms with Gasteiger partial charge in [-0.1, -0.05) is 0 Å². The van der Waals surface area contributed by atoms with E-state index < -0.39 is 6.29 Å². The number of H-pyrrole nitrogens is 1. The largest absolute Gasteiger partial charge is 0.586 e. The number of aromatic amines is 1. The fraction of sp³-hybridized carbons (Fsp3) is 0.182. The number of nitrogens with one attached hydrogen (secondary N) is 1. The lowest BCUT2D eigenvalue weighted by molar-refractivity contribution is -0.286. The average molecular weight is 239 g/mol. The minimum Gasteiger partial charge on any atom is -0.395 e. The van der Waals surface area contributed by atoms with E-state index in [0.717, 1.165) is 0 Å². The molecule has 0 amide bonds. The van der Waals surface area contributed by atoms with Crippen molar-refractivity contribution >= 4 is 10.9 Å². The van der Waals surface area contributed by atoms with Gasteiger partial charge in [0, 0.05) is 23.2 Å². The van der Waals surface area contributed by atoms with Crippen molar-refractivity contribution in [2.45, 2.75) is 13.2 Å². The Kier molecular flexibility index (Phi) is 1.76.